The summed E-state index contributed by atoms with van der Waals surface area (Å²) in [5.74, 6) is 1.62. The summed E-state index contributed by atoms with van der Waals surface area (Å²) in [6.07, 6.45) is 5.04. The Bertz CT molecular complexity index is 860. The number of carbonyl (C=O) groups excluding carboxylic acids is 1. The molecule has 1 N–H and O–H groups in total. The van der Waals surface area contributed by atoms with Gasteiger partial charge in [-0.3, -0.25) is 9.78 Å². The number of nitrogens with zero attached hydrogens (tertiary/aromatic N) is 1. The summed E-state index contributed by atoms with van der Waals surface area (Å²) in [6, 6.07) is 10.7. The quantitative estimate of drug-likeness (QED) is 0.746. The molecule has 3 aromatic rings. The van der Waals surface area contributed by atoms with E-state index in [2.05, 4.69) is 10.3 Å². The monoisotopic (exact) mass is 338 g/mol. The van der Waals surface area contributed by atoms with E-state index < -0.39 is 0 Å². The maximum Gasteiger partial charge on any atom is 0.251 e. The number of ether oxygens (including phenoxy) is 2. The lowest BCUT2D eigenvalue weighted by Crippen LogP contribution is -2.22. The molecule has 3 rings (SSSR count). The van der Waals surface area contributed by atoms with Gasteiger partial charge in [0.15, 0.2) is 11.5 Å². The van der Waals surface area contributed by atoms with Crippen molar-refractivity contribution in [1.29, 1.82) is 0 Å². The minimum atomic E-state index is -0.204. The summed E-state index contributed by atoms with van der Waals surface area (Å²) in [7, 11) is 3.09. The van der Waals surface area contributed by atoms with Crippen LogP contribution in [0.25, 0.3) is 11.3 Å². The molecular formula is C19H18N2O4. The Morgan fingerprint density at radius 1 is 1.12 bits per heavy atom. The van der Waals surface area contributed by atoms with Crippen molar-refractivity contribution in [2.24, 2.45) is 0 Å². The van der Waals surface area contributed by atoms with Crippen LogP contribution in [0, 0.1) is 0 Å². The largest absolute Gasteiger partial charge is 0.493 e. The van der Waals surface area contributed by atoms with Gasteiger partial charge in [-0.2, -0.15) is 0 Å². The highest BCUT2D eigenvalue weighted by Crippen LogP contribution is 2.27. The molecule has 2 aromatic heterocycles. The van der Waals surface area contributed by atoms with Gasteiger partial charge >= 0.3 is 0 Å². The fraction of sp³-hybridized carbons (Fsp3) is 0.158. The van der Waals surface area contributed by atoms with Crippen LogP contribution in [0.4, 0.5) is 0 Å². The lowest BCUT2D eigenvalue weighted by Gasteiger charge is -2.10. The molecule has 0 spiro atoms. The summed E-state index contributed by atoms with van der Waals surface area (Å²) in [6.45, 7) is 0.356. The number of hydrogen-bond donors (Lipinski definition) is 1. The third-order valence-electron chi connectivity index (χ3n) is 3.70. The Morgan fingerprint density at radius 3 is 2.68 bits per heavy atom. The van der Waals surface area contributed by atoms with Crippen LogP contribution in [0.3, 0.4) is 0 Å². The molecule has 1 amide bonds. The summed E-state index contributed by atoms with van der Waals surface area (Å²) < 4.78 is 15.8. The van der Waals surface area contributed by atoms with Crippen molar-refractivity contribution in [3.8, 4) is 22.8 Å². The number of furan rings is 1. The topological polar surface area (TPSA) is 73.6 Å². The molecule has 0 bridgehead atoms. The average molecular weight is 338 g/mol. The van der Waals surface area contributed by atoms with Crippen molar-refractivity contribution in [3.63, 3.8) is 0 Å². The zero-order valence-electron chi connectivity index (χ0n) is 14.0. The zero-order valence-corrected chi connectivity index (χ0v) is 14.0. The first kappa shape index (κ1) is 16.6. The number of pyridine rings is 1. The van der Waals surface area contributed by atoms with Crippen molar-refractivity contribution in [2.75, 3.05) is 14.2 Å². The fourth-order valence-corrected chi connectivity index (χ4v) is 2.42. The predicted molar refractivity (Wildman–Crippen MR) is 92.7 cm³/mol. The molecule has 0 fully saturated rings. The second-order valence-corrected chi connectivity index (χ2v) is 5.31. The molecule has 0 aliphatic carbocycles. The number of hydrogen-bond acceptors (Lipinski definition) is 5. The Kier molecular flexibility index (Phi) is 4.99. The van der Waals surface area contributed by atoms with Gasteiger partial charge in [-0.1, -0.05) is 0 Å². The molecule has 0 saturated heterocycles. The second kappa shape index (κ2) is 7.53. The standard InChI is InChI=1S/C19H18N2O4/c1-23-17-6-5-14(9-18(17)24-2)19(22)21-11-13-8-15(12-20-10-13)16-4-3-7-25-16/h3-10,12H,11H2,1-2H3,(H,21,22). The third kappa shape index (κ3) is 3.80. The Balaban J connectivity index is 1.69. The first-order chi connectivity index (χ1) is 12.2. The van der Waals surface area contributed by atoms with Gasteiger partial charge in [-0.15, -0.1) is 0 Å². The summed E-state index contributed by atoms with van der Waals surface area (Å²) in [5.41, 5.74) is 2.23. The van der Waals surface area contributed by atoms with Gasteiger partial charge in [0, 0.05) is 30.1 Å². The van der Waals surface area contributed by atoms with E-state index in [4.69, 9.17) is 13.9 Å². The highest BCUT2D eigenvalue weighted by Gasteiger charge is 2.11. The van der Waals surface area contributed by atoms with Crippen LogP contribution < -0.4 is 14.8 Å². The van der Waals surface area contributed by atoms with Gasteiger partial charge in [0.1, 0.15) is 5.76 Å². The number of benzene rings is 1. The van der Waals surface area contributed by atoms with Crippen LogP contribution in [0.2, 0.25) is 0 Å². The molecule has 0 atom stereocenters. The molecule has 6 heteroatoms. The van der Waals surface area contributed by atoms with E-state index in [1.54, 1.807) is 44.0 Å². The fourth-order valence-electron chi connectivity index (χ4n) is 2.42. The second-order valence-electron chi connectivity index (χ2n) is 5.31. The maximum absolute atomic E-state index is 12.4. The number of methoxy groups -OCH3 is 2. The first-order valence-electron chi connectivity index (χ1n) is 7.69. The molecule has 0 aliphatic rings. The molecule has 6 nitrogen and oxygen atoms in total. The number of rotatable bonds is 6. The van der Waals surface area contributed by atoms with E-state index in [1.165, 1.54) is 7.11 Å². The Hall–Kier alpha value is -3.28. The number of nitrogens with one attached hydrogen (secondary N) is 1. The highest BCUT2D eigenvalue weighted by atomic mass is 16.5. The highest BCUT2D eigenvalue weighted by molar-refractivity contribution is 5.94. The molecule has 0 radical (unpaired) electrons. The number of amides is 1. The van der Waals surface area contributed by atoms with Crippen LogP contribution >= 0.6 is 0 Å². The summed E-state index contributed by atoms with van der Waals surface area (Å²) in [5, 5.41) is 2.87. The Morgan fingerprint density at radius 2 is 1.96 bits per heavy atom. The van der Waals surface area contributed by atoms with Crippen LogP contribution in [-0.4, -0.2) is 25.1 Å². The lowest BCUT2D eigenvalue weighted by atomic mass is 10.1. The van der Waals surface area contributed by atoms with E-state index in [0.717, 1.165) is 16.9 Å². The summed E-state index contributed by atoms with van der Waals surface area (Å²) in [4.78, 5) is 16.5. The van der Waals surface area contributed by atoms with Gasteiger partial charge < -0.3 is 19.2 Å². The lowest BCUT2D eigenvalue weighted by molar-refractivity contribution is 0.0950. The SMILES string of the molecule is COc1ccc(C(=O)NCc2cncc(-c3ccco3)c2)cc1OC. The van der Waals surface area contributed by atoms with Gasteiger partial charge in [-0.05, 0) is 42.0 Å². The average Bonchev–Trinajstić information content (AvgIpc) is 3.20. The molecule has 0 saturated carbocycles. The van der Waals surface area contributed by atoms with Crippen molar-refractivity contribution < 1.29 is 18.7 Å². The van der Waals surface area contributed by atoms with Crippen LogP contribution in [0.1, 0.15) is 15.9 Å². The maximum atomic E-state index is 12.4. The molecular weight excluding hydrogens is 320 g/mol. The normalized spacial score (nSPS) is 10.3. The van der Waals surface area contributed by atoms with Crippen molar-refractivity contribution in [2.45, 2.75) is 6.54 Å². The van der Waals surface area contributed by atoms with Gasteiger partial charge in [-0.25, -0.2) is 0 Å². The third-order valence-corrected chi connectivity index (χ3v) is 3.70. The van der Waals surface area contributed by atoms with Crippen LogP contribution in [0.15, 0.2) is 59.5 Å². The summed E-state index contributed by atoms with van der Waals surface area (Å²) >= 11 is 0. The minimum absolute atomic E-state index is 0.204. The van der Waals surface area contributed by atoms with Crippen molar-refractivity contribution in [1.82, 2.24) is 10.3 Å². The Labute approximate surface area is 145 Å². The molecule has 0 aliphatic heterocycles. The van der Waals surface area contributed by atoms with E-state index in [9.17, 15) is 4.79 Å². The number of aromatic nitrogens is 1. The van der Waals surface area contributed by atoms with Gasteiger partial charge in [0.25, 0.3) is 5.91 Å². The molecule has 128 valence electrons. The van der Waals surface area contributed by atoms with Gasteiger partial charge in [0.05, 0.1) is 20.5 Å². The minimum Gasteiger partial charge on any atom is -0.493 e. The van der Waals surface area contributed by atoms with Gasteiger partial charge in [0.2, 0.25) is 0 Å². The van der Waals surface area contributed by atoms with E-state index in [0.29, 0.717) is 23.6 Å². The zero-order chi connectivity index (χ0) is 17.6. The molecule has 1 aromatic carbocycles. The van der Waals surface area contributed by atoms with E-state index >= 15 is 0 Å². The van der Waals surface area contributed by atoms with Crippen LogP contribution in [-0.2, 0) is 6.54 Å². The molecule has 25 heavy (non-hydrogen) atoms. The molecule has 0 unspecified atom stereocenters. The smallest absolute Gasteiger partial charge is 0.251 e. The van der Waals surface area contributed by atoms with Crippen LogP contribution in [0.5, 0.6) is 11.5 Å². The molecule has 2 heterocycles. The number of carbonyl (C=O) groups is 1. The predicted octanol–water partition coefficient (Wildman–Crippen LogP) is 3.29. The van der Waals surface area contributed by atoms with E-state index in [-0.39, 0.29) is 5.91 Å². The van der Waals surface area contributed by atoms with E-state index in [1.807, 2.05) is 18.2 Å². The first-order valence-corrected chi connectivity index (χ1v) is 7.69. The van der Waals surface area contributed by atoms with Crippen molar-refractivity contribution in [3.05, 3.63) is 66.2 Å². The van der Waals surface area contributed by atoms with Crippen molar-refractivity contribution >= 4 is 5.91 Å².